The SMILES string of the molecule is NNC(=S)c1ccccc1C(N)=O. The number of primary amides is 1. The molecule has 68 valence electrons. The summed E-state index contributed by atoms with van der Waals surface area (Å²) >= 11 is 4.88. The Balaban J connectivity index is 3.19. The topological polar surface area (TPSA) is 81.1 Å². The minimum absolute atomic E-state index is 0.300. The molecule has 0 atom stereocenters. The highest BCUT2D eigenvalue weighted by molar-refractivity contribution is 7.80. The molecular formula is C8H9N3OS. The molecule has 1 aromatic rings. The fourth-order valence-electron chi connectivity index (χ4n) is 0.974. The lowest BCUT2D eigenvalue weighted by Gasteiger charge is -2.06. The van der Waals surface area contributed by atoms with Gasteiger partial charge in [0.15, 0.2) is 0 Å². The van der Waals surface area contributed by atoms with Gasteiger partial charge in [-0.15, -0.1) is 0 Å². The van der Waals surface area contributed by atoms with Crippen molar-refractivity contribution in [2.45, 2.75) is 0 Å². The van der Waals surface area contributed by atoms with E-state index in [2.05, 4.69) is 5.43 Å². The fourth-order valence-corrected chi connectivity index (χ4v) is 1.15. The average Bonchev–Trinajstić information content (AvgIpc) is 2.16. The maximum Gasteiger partial charge on any atom is 0.249 e. The van der Waals surface area contributed by atoms with Gasteiger partial charge >= 0.3 is 0 Å². The predicted molar refractivity (Wildman–Crippen MR) is 54.0 cm³/mol. The van der Waals surface area contributed by atoms with Crippen LogP contribution in [-0.2, 0) is 0 Å². The number of hydrogen-bond donors (Lipinski definition) is 3. The Morgan fingerprint density at radius 1 is 1.31 bits per heavy atom. The average molecular weight is 195 g/mol. The first-order valence-corrected chi connectivity index (χ1v) is 3.97. The van der Waals surface area contributed by atoms with E-state index in [1.54, 1.807) is 24.3 Å². The smallest absolute Gasteiger partial charge is 0.249 e. The van der Waals surface area contributed by atoms with E-state index in [4.69, 9.17) is 23.8 Å². The van der Waals surface area contributed by atoms with Gasteiger partial charge in [-0.05, 0) is 6.07 Å². The summed E-state index contributed by atoms with van der Waals surface area (Å²) in [5, 5.41) is 0. The zero-order valence-corrected chi connectivity index (χ0v) is 7.60. The lowest BCUT2D eigenvalue weighted by molar-refractivity contribution is 0.1000. The lowest BCUT2D eigenvalue weighted by Crippen LogP contribution is -2.31. The molecule has 5 heteroatoms. The number of hydrazine groups is 1. The summed E-state index contributed by atoms with van der Waals surface area (Å²) in [5.74, 6) is 4.61. The quantitative estimate of drug-likeness (QED) is 0.350. The van der Waals surface area contributed by atoms with Crippen molar-refractivity contribution in [2.75, 3.05) is 0 Å². The first kappa shape index (κ1) is 9.63. The van der Waals surface area contributed by atoms with Crippen molar-refractivity contribution in [3.05, 3.63) is 35.4 Å². The number of carbonyl (C=O) groups is 1. The van der Waals surface area contributed by atoms with Crippen LogP contribution < -0.4 is 17.0 Å². The molecule has 0 spiro atoms. The lowest BCUT2D eigenvalue weighted by atomic mass is 10.1. The van der Waals surface area contributed by atoms with Gasteiger partial charge in [0.1, 0.15) is 4.99 Å². The van der Waals surface area contributed by atoms with E-state index in [1.165, 1.54) is 0 Å². The molecule has 1 aromatic carbocycles. The molecule has 0 radical (unpaired) electrons. The second-order valence-corrected chi connectivity index (χ2v) is 2.79. The maximum atomic E-state index is 10.9. The van der Waals surface area contributed by atoms with E-state index in [0.29, 0.717) is 16.1 Å². The number of amides is 1. The molecule has 0 saturated carbocycles. The van der Waals surface area contributed by atoms with Crippen molar-refractivity contribution in [1.29, 1.82) is 0 Å². The largest absolute Gasteiger partial charge is 0.366 e. The summed E-state index contributed by atoms with van der Waals surface area (Å²) in [4.78, 5) is 11.2. The van der Waals surface area contributed by atoms with Gasteiger partial charge in [0, 0.05) is 11.1 Å². The first-order chi connectivity index (χ1) is 6.16. The zero-order valence-electron chi connectivity index (χ0n) is 6.78. The normalized spacial score (nSPS) is 9.31. The molecule has 4 nitrogen and oxygen atoms in total. The van der Waals surface area contributed by atoms with Crippen LogP contribution in [0.1, 0.15) is 15.9 Å². The van der Waals surface area contributed by atoms with Crippen LogP contribution in [0.4, 0.5) is 0 Å². The van der Waals surface area contributed by atoms with Crippen LogP contribution >= 0.6 is 12.2 Å². The van der Waals surface area contributed by atoms with Crippen LogP contribution in [0.15, 0.2) is 24.3 Å². The van der Waals surface area contributed by atoms with Crippen molar-refractivity contribution in [3.63, 3.8) is 0 Å². The van der Waals surface area contributed by atoms with Crippen LogP contribution in [0.25, 0.3) is 0 Å². The predicted octanol–water partition coefficient (Wildman–Crippen LogP) is -0.0757. The Labute approximate surface area is 80.9 Å². The van der Waals surface area contributed by atoms with Crippen molar-refractivity contribution < 1.29 is 4.79 Å². The molecule has 0 unspecified atom stereocenters. The van der Waals surface area contributed by atoms with Crippen molar-refractivity contribution in [1.82, 2.24) is 5.43 Å². The van der Waals surface area contributed by atoms with Crippen molar-refractivity contribution in [3.8, 4) is 0 Å². The molecule has 0 fully saturated rings. The number of benzene rings is 1. The molecule has 0 aliphatic rings. The minimum Gasteiger partial charge on any atom is -0.366 e. The van der Waals surface area contributed by atoms with Crippen LogP contribution in [0.2, 0.25) is 0 Å². The van der Waals surface area contributed by atoms with Gasteiger partial charge in [0.25, 0.3) is 0 Å². The third-order valence-corrected chi connectivity index (χ3v) is 1.91. The molecule has 13 heavy (non-hydrogen) atoms. The van der Waals surface area contributed by atoms with Gasteiger partial charge < -0.3 is 11.2 Å². The summed E-state index contributed by atoms with van der Waals surface area (Å²) in [6.07, 6.45) is 0. The van der Waals surface area contributed by atoms with E-state index in [-0.39, 0.29) is 0 Å². The van der Waals surface area contributed by atoms with E-state index in [0.717, 1.165) is 0 Å². The zero-order chi connectivity index (χ0) is 9.84. The Morgan fingerprint density at radius 2 is 1.85 bits per heavy atom. The Bertz CT molecular complexity index is 351. The number of rotatable bonds is 2. The van der Waals surface area contributed by atoms with Gasteiger partial charge in [-0.1, -0.05) is 30.4 Å². The standard InChI is InChI=1S/C8H9N3OS/c9-7(12)5-3-1-2-4-6(5)8(13)11-10/h1-4H,10H2,(H2,9,12)(H,11,13). The monoisotopic (exact) mass is 195 g/mol. The molecule has 1 amide bonds. The van der Waals surface area contributed by atoms with Crippen LogP contribution in [0.3, 0.4) is 0 Å². The summed E-state index contributed by atoms with van der Waals surface area (Å²) in [6.45, 7) is 0. The maximum absolute atomic E-state index is 10.9. The van der Waals surface area contributed by atoms with Gasteiger partial charge in [0.05, 0.1) is 0 Å². The Morgan fingerprint density at radius 3 is 2.31 bits per heavy atom. The van der Waals surface area contributed by atoms with Crippen LogP contribution in [0, 0.1) is 0 Å². The second kappa shape index (κ2) is 3.97. The second-order valence-electron chi connectivity index (χ2n) is 2.38. The van der Waals surface area contributed by atoms with Gasteiger partial charge in [-0.2, -0.15) is 0 Å². The van der Waals surface area contributed by atoms with E-state index < -0.39 is 5.91 Å². The van der Waals surface area contributed by atoms with E-state index in [9.17, 15) is 4.79 Å². The van der Waals surface area contributed by atoms with Crippen LogP contribution in [-0.4, -0.2) is 10.9 Å². The molecule has 0 bridgehead atoms. The van der Waals surface area contributed by atoms with Crippen molar-refractivity contribution >= 4 is 23.1 Å². The highest BCUT2D eigenvalue weighted by Crippen LogP contribution is 2.07. The van der Waals surface area contributed by atoms with Gasteiger partial charge in [-0.25, -0.2) is 5.84 Å². The number of nitrogens with one attached hydrogen (secondary N) is 1. The summed E-state index contributed by atoms with van der Waals surface area (Å²) < 4.78 is 0. The molecule has 5 N–H and O–H groups in total. The minimum atomic E-state index is -0.520. The number of carbonyl (C=O) groups excluding carboxylic acids is 1. The number of hydrogen-bond acceptors (Lipinski definition) is 3. The highest BCUT2D eigenvalue weighted by atomic mass is 32.1. The summed E-state index contributed by atoms with van der Waals surface area (Å²) in [6, 6.07) is 6.75. The third kappa shape index (κ3) is 2.01. The van der Waals surface area contributed by atoms with Crippen molar-refractivity contribution in [2.24, 2.45) is 11.6 Å². The molecule has 0 heterocycles. The first-order valence-electron chi connectivity index (χ1n) is 3.56. The van der Waals surface area contributed by atoms with Crippen LogP contribution in [0.5, 0.6) is 0 Å². The highest BCUT2D eigenvalue weighted by Gasteiger charge is 2.09. The van der Waals surface area contributed by atoms with Gasteiger partial charge in [0.2, 0.25) is 5.91 Å². The van der Waals surface area contributed by atoms with E-state index in [1.807, 2.05) is 0 Å². The number of thiocarbonyl (C=S) groups is 1. The van der Waals surface area contributed by atoms with Gasteiger partial charge in [-0.3, -0.25) is 4.79 Å². The molecule has 0 aromatic heterocycles. The molecule has 0 aliphatic carbocycles. The Hall–Kier alpha value is -1.46. The Kier molecular flexibility index (Phi) is 2.94. The molecular weight excluding hydrogens is 186 g/mol. The summed E-state index contributed by atoms with van der Waals surface area (Å²) in [5.41, 5.74) is 8.35. The fraction of sp³-hybridized carbons (Fsp3) is 0. The number of nitrogens with two attached hydrogens (primary N) is 2. The van der Waals surface area contributed by atoms with E-state index >= 15 is 0 Å². The third-order valence-electron chi connectivity index (χ3n) is 1.57. The molecule has 0 aliphatic heterocycles. The molecule has 1 rings (SSSR count). The summed E-state index contributed by atoms with van der Waals surface area (Å²) in [7, 11) is 0. The molecule has 0 saturated heterocycles.